The van der Waals surface area contributed by atoms with Gasteiger partial charge >= 0.3 is 6.18 Å². The summed E-state index contributed by atoms with van der Waals surface area (Å²) >= 11 is 0. The molecule has 132 valence electrons. The summed E-state index contributed by atoms with van der Waals surface area (Å²) in [4.78, 5) is 24.5. The fourth-order valence-electron chi connectivity index (χ4n) is 2.88. The second-order valence-corrected chi connectivity index (χ2v) is 5.96. The fraction of sp³-hybridized carbons (Fsp3) is 0.353. The number of rotatable bonds is 3. The quantitative estimate of drug-likeness (QED) is 0.925. The summed E-state index contributed by atoms with van der Waals surface area (Å²) in [6.07, 6.45) is -2.19. The molecule has 1 unspecified atom stereocenters. The molecule has 0 bridgehead atoms. The van der Waals surface area contributed by atoms with Gasteiger partial charge < -0.3 is 5.32 Å². The highest BCUT2D eigenvalue weighted by atomic mass is 19.4. The number of hydrogen-bond acceptors (Lipinski definition) is 3. The third-order valence-corrected chi connectivity index (χ3v) is 4.22. The van der Waals surface area contributed by atoms with E-state index >= 15 is 0 Å². The molecular formula is C17H16F3N3O2. The van der Waals surface area contributed by atoms with Crippen molar-refractivity contribution in [1.29, 1.82) is 0 Å². The maximum absolute atomic E-state index is 13.0. The summed E-state index contributed by atoms with van der Waals surface area (Å²) in [6.45, 7) is 1.43. The molecule has 2 aromatic rings. The Hall–Kier alpha value is -2.64. The van der Waals surface area contributed by atoms with Gasteiger partial charge in [0.2, 0.25) is 5.91 Å². The predicted molar refractivity (Wildman–Crippen MR) is 85.3 cm³/mol. The van der Waals surface area contributed by atoms with Gasteiger partial charge in [-0.25, -0.2) is 4.68 Å². The Morgan fingerprint density at radius 3 is 2.72 bits per heavy atom. The fourth-order valence-corrected chi connectivity index (χ4v) is 2.88. The summed E-state index contributed by atoms with van der Waals surface area (Å²) in [5.41, 5.74) is -0.0931. The molecule has 1 heterocycles. The van der Waals surface area contributed by atoms with Crippen LogP contribution < -0.4 is 10.9 Å². The van der Waals surface area contributed by atoms with Gasteiger partial charge in [-0.15, -0.1) is 0 Å². The largest absolute Gasteiger partial charge is 0.418 e. The lowest BCUT2D eigenvalue weighted by Gasteiger charge is -2.17. The summed E-state index contributed by atoms with van der Waals surface area (Å²) in [5, 5.41) is 6.46. The molecule has 0 aliphatic heterocycles. The van der Waals surface area contributed by atoms with Crippen molar-refractivity contribution in [3.05, 3.63) is 57.5 Å². The molecule has 0 fully saturated rings. The monoisotopic (exact) mass is 351 g/mol. The second-order valence-electron chi connectivity index (χ2n) is 5.96. The van der Waals surface area contributed by atoms with Crippen LogP contribution in [-0.4, -0.2) is 15.7 Å². The molecule has 1 amide bonds. The lowest BCUT2D eigenvalue weighted by Crippen LogP contribution is -2.34. The lowest BCUT2D eigenvalue weighted by molar-refractivity contribution is -0.137. The molecule has 1 aliphatic rings. The number of amides is 1. The number of carbonyl (C=O) groups excluding carboxylic acids is 1. The van der Waals surface area contributed by atoms with Crippen molar-refractivity contribution in [3.8, 4) is 0 Å². The van der Waals surface area contributed by atoms with Crippen LogP contribution in [0.4, 0.5) is 18.9 Å². The summed E-state index contributed by atoms with van der Waals surface area (Å²) in [7, 11) is 0. The first-order valence-corrected chi connectivity index (χ1v) is 7.86. The second kappa shape index (κ2) is 6.34. The van der Waals surface area contributed by atoms with Crippen LogP contribution in [-0.2, 0) is 23.8 Å². The number of aryl methyl sites for hydroxylation is 2. The summed E-state index contributed by atoms with van der Waals surface area (Å²) < 4.78 is 40.1. The average molecular weight is 351 g/mol. The number of carbonyl (C=O) groups is 1. The minimum absolute atomic E-state index is 0.346. The average Bonchev–Trinajstić information content (AvgIpc) is 3.00. The third kappa shape index (κ3) is 3.42. The van der Waals surface area contributed by atoms with Gasteiger partial charge in [-0.05, 0) is 43.9 Å². The molecular weight excluding hydrogens is 335 g/mol. The minimum atomic E-state index is -4.59. The van der Waals surface area contributed by atoms with E-state index in [-0.39, 0.29) is 5.69 Å². The maximum atomic E-state index is 13.0. The van der Waals surface area contributed by atoms with E-state index in [1.54, 1.807) is 0 Å². The van der Waals surface area contributed by atoms with Gasteiger partial charge in [0.15, 0.2) is 0 Å². The zero-order valence-electron chi connectivity index (χ0n) is 13.4. The smallest absolute Gasteiger partial charge is 0.324 e. The van der Waals surface area contributed by atoms with Gasteiger partial charge in [-0.2, -0.15) is 18.3 Å². The molecule has 5 nitrogen and oxygen atoms in total. The van der Waals surface area contributed by atoms with Gasteiger partial charge in [-0.1, -0.05) is 12.1 Å². The first-order valence-electron chi connectivity index (χ1n) is 7.86. The van der Waals surface area contributed by atoms with Crippen LogP contribution in [0.2, 0.25) is 0 Å². The zero-order valence-corrected chi connectivity index (χ0v) is 13.4. The van der Waals surface area contributed by atoms with Crippen LogP contribution in [0.15, 0.2) is 35.1 Å². The van der Waals surface area contributed by atoms with Crippen molar-refractivity contribution in [2.24, 2.45) is 0 Å². The summed E-state index contributed by atoms with van der Waals surface area (Å²) in [6, 6.07) is 5.12. The Morgan fingerprint density at radius 2 is 2.00 bits per heavy atom. The highest BCUT2D eigenvalue weighted by Crippen LogP contribution is 2.34. The molecule has 3 rings (SSSR count). The number of hydrogen-bond donors (Lipinski definition) is 1. The van der Waals surface area contributed by atoms with Gasteiger partial charge in [0.1, 0.15) is 6.04 Å². The van der Waals surface area contributed by atoms with Gasteiger partial charge in [0.05, 0.1) is 16.9 Å². The van der Waals surface area contributed by atoms with E-state index in [4.69, 9.17) is 0 Å². The Kier molecular flexibility index (Phi) is 4.36. The van der Waals surface area contributed by atoms with Crippen LogP contribution in [0.1, 0.15) is 36.2 Å². The zero-order chi connectivity index (χ0) is 18.2. The predicted octanol–water partition coefficient (Wildman–Crippen LogP) is 2.95. The summed E-state index contributed by atoms with van der Waals surface area (Å²) in [5.74, 6) is -0.732. The number of fused-ring (bicyclic) bond motifs is 1. The third-order valence-electron chi connectivity index (χ3n) is 4.22. The molecule has 1 N–H and O–H groups in total. The van der Waals surface area contributed by atoms with Crippen LogP contribution in [0.25, 0.3) is 0 Å². The first-order chi connectivity index (χ1) is 11.8. The van der Waals surface area contributed by atoms with E-state index < -0.39 is 29.2 Å². The number of alkyl halides is 3. The molecule has 1 aliphatic carbocycles. The molecule has 1 aromatic carbocycles. The Bertz CT molecular complexity index is 874. The van der Waals surface area contributed by atoms with Crippen LogP contribution in [0.3, 0.4) is 0 Å². The molecule has 1 aromatic heterocycles. The molecule has 0 radical (unpaired) electrons. The van der Waals surface area contributed by atoms with Crippen molar-refractivity contribution in [2.75, 3.05) is 5.32 Å². The van der Waals surface area contributed by atoms with Crippen molar-refractivity contribution in [3.63, 3.8) is 0 Å². The van der Waals surface area contributed by atoms with E-state index in [1.165, 1.54) is 31.2 Å². The number of para-hydroxylation sites is 1. The number of aromatic nitrogens is 2. The SMILES string of the molecule is CC(C(=O)Nc1ccccc1C(F)(F)F)n1nc2c(cc1=O)CCC2. The van der Waals surface area contributed by atoms with Crippen LogP contribution in [0.5, 0.6) is 0 Å². The number of nitrogens with one attached hydrogen (secondary N) is 1. The topological polar surface area (TPSA) is 64.0 Å². The van der Waals surface area contributed by atoms with Gasteiger partial charge in [-0.3, -0.25) is 9.59 Å². The Morgan fingerprint density at radius 1 is 1.28 bits per heavy atom. The molecule has 0 saturated heterocycles. The van der Waals surface area contributed by atoms with Crippen LogP contribution in [0, 0.1) is 0 Å². The number of halogens is 3. The molecule has 25 heavy (non-hydrogen) atoms. The normalized spacial score (nSPS) is 14.9. The standard InChI is InChI=1S/C17H16F3N3O2/c1-10(23-15(24)9-11-5-4-8-13(11)22-23)16(25)21-14-7-3-2-6-12(14)17(18,19)20/h2-3,6-7,9-10H,4-5,8H2,1H3,(H,21,25). The number of anilines is 1. The Balaban J connectivity index is 1.87. The Labute approximate surface area is 141 Å². The molecule has 1 atom stereocenters. The van der Waals surface area contributed by atoms with E-state index in [0.29, 0.717) is 0 Å². The van der Waals surface area contributed by atoms with Gasteiger partial charge in [0.25, 0.3) is 5.56 Å². The molecule has 8 heteroatoms. The van der Waals surface area contributed by atoms with E-state index in [0.717, 1.165) is 41.3 Å². The van der Waals surface area contributed by atoms with Crippen molar-refractivity contribution in [2.45, 2.75) is 38.4 Å². The maximum Gasteiger partial charge on any atom is 0.418 e. The van der Waals surface area contributed by atoms with E-state index in [1.807, 2.05) is 0 Å². The van der Waals surface area contributed by atoms with E-state index in [9.17, 15) is 22.8 Å². The number of nitrogens with zero attached hydrogens (tertiary/aromatic N) is 2. The highest BCUT2D eigenvalue weighted by Gasteiger charge is 2.34. The van der Waals surface area contributed by atoms with Crippen molar-refractivity contribution in [1.82, 2.24) is 9.78 Å². The lowest BCUT2D eigenvalue weighted by atomic mass is 10.1. The highest BCUT2D eigenvalue weighted by molar-refractivity contribution is 5.94. The van der Waals surface area contributed by atoms with Crippen LogP contribution >= 0.6 is 0 Å². The van der Waals surface area contributed by atoms with Crippen molar-refractivity contribution >= 4 is 11.6 Å². The molecule has 0 saturated carbocycles. The number of benzene rings is 1. The van der Waals surface area contributed by atoms with Gasteiger partial charge in [0, 0.05) is 6.07 Å². The van der Waals surface area contributed by atoms with E-state index in [2.05, 4.69) is 10.4 Å². The van der Waals surface area contributed by atoms with Crippen molar-refractivity contribution < 1.29 is 18.0 Å². The molecule has 0 spiro atoms. The first kappa shape index (κ1) is 17.2. The minimum Gasteiger partial charge on any atom is -0.324 e.